The van der Waals surface area contributed by atoms with Crippen LogP contribution in [0, 0.1) is 11.8 Å². The minimum Gasteiger partial charge on any atom is -0.393 e. The number of hydrogen-bond acceptors (Lipinski definition) is 2. The van der Waals surface area contributed by atoms with Gasteiger partial charge in [-0.3, -0.25) is 0 Å². The van der Waals surface area contributed by atoms with Crippen LogP contribution in [0.1, 0.15) is 52.4 Å². The Morgan fingerprint density at radius 1 is 1.27 bits per heavy atom. The van der Waals surface area contributed by atoms with Crippen LogP contribution >= 0.6 is 0 Å². The van der Waals surface area contributed by atoms with Crippen molar-refractivity contribution in [2.75, 3.05) is 13.1 Å². The van der Waals surface area contributed by atoms with Crippen molar-refractivity contribution >= 4 is 0 Å². The molecule has 2 heteroatoms. The van der Waals surface area contributed by atoms with E-state index in [1.807, 2.05) is 0 Å². The summed E-state index contributed by atoms with van der Waals surface area (Å²) in [5.74, 6) is 1.62. The Labute approximate surface area is 94.5 Å². The van der Waals surface area contributed by atoms with Gasteiger partial charge in [0.05, 0.1) is 6.10 Å². The second-order valence-electron chi connectivity index (χ2n) is 5.23. The average Bonchev–Trinajstić information content (AvgIpc) is 2.21. The zero-order valence-corrected chi connectivity index (χ0v) is 10.3. The van der Waals surface area contributed by atoms with Gasteiger partial charge >= 0.3 is 0 Å². The Balaban J connectivity index is 2.00. The molecule has 1 aliphatic rings. The molecule has 1 rings (SSSR count). The maximum atomic E-state index is 9.39. The van der Waals surface area contributed by atoms with Crippen molar-refractivity contribution in [2.45, 2.75) is 58.5 Å². The normalized spacial score (nSPS) is 29.0. The number of rotatable bonds is 6. The molecule has 1 fully saturated rings. The first-order valence-electron chi connectivity index (χ1n) is 6.61. The molecule has 0 aromatic rings. The highest BCUT2D eigenvalue weighted by atomic mass is 16.3. The molecule has 0 saturated heterocycles. The third kappa shape index (κ3) is 5.53. The molecule has 1 aliphatic carbocycles. The molecule has 0 aromatic carbocycles. The molecule has 0 spiro atoms. The van der Waals surface area contributed by atoms with Gasteiger partial charge in [0.25, 0.3) is 0 Å². The third-order valence-electron chi connectivity index (χ3n) is 3.52. The molecular formula is C13H27NO. The molecule has 1 atom stereocenters. The molecule has 15 heavy (non-hydrogen) atoms. The molecule has 2 N–H and O–H groups in total. The van der Waals surface area contributed by atoms with E-state index in [2.05, 4.69) is 19.2 Å². The summed E-state index contributed by atoms with van der Waals surface area (Å²) in [6.45, 7) is 6.88. The van der Waals surface area contributed by atoms with Crippen LogP contribution in [0.2, 0.25) is 0 Å². The standard InChI is InChI=1S/C13H27NO/c1-3-4-11(2)9-14-10-12-5-7-13(15)8-6-12/h11-15H,3-10H2,1-2H3. The van der Waals surface area contributed by atoms with Crippen molar-refractivity contribution in [3.8, 4) is 0 Å². The van der Waals surface area contributed by atoms with Crippen LogP contribution in [0.4, 0.5) is 0 Å². The second kappa shape index (κ2) is 7.24. The Kier molecular flexibility index (Phi) is 6.26. The number of hydrogen-bond donors (Lipinski definition) is 2. The lowest BCUT2D eigenvalue weighted by Crippen LogP contribution is -2.30. The minimum absolute atomic E-state index is 0.0136. The van der Waals surface area contributed by atoms with Crippen LogP contribution in [0.5, 0.6) is 0 Å². The summed E-state index contributed by atoms with van der Waals surface area (Å²) in [5, 5.41) is 13.0. The van der Waals surface area contributed by atoms with Gasteiger partial charge in [-0.2, -0.15) is 0 Å². The molecule has 1 unspecified atom stereocenters. The fourth-order valence-electron chi connectivity index (χ4n) is 2.48. The fourth-order valence-corrected chi connectivity index (χ4v) is 2.48. The van der Waals surface area contributed by atoms with Gasteiger partial charge in [-0.1, -0.05) is 20.3 Å². The van der Waals surface area contributed by atoms with Crippen LogP contribution in [0.3, 0.4) is 0 Å². The zero-order valence-electron chi connectivity index (χ0n) is 10.3. The summed E-state index contributed by atoms with van der Waals surface area (Å²) >= 11 is 0. The van der Waals surface area contributed by atoms with Gasteiger partial charge in [-0.15, -0.1) is 0 Å². The van der Waals surface area contributed by atoms with E-state index in [4.69, 9.17) is 0 Å². The molecule has 0 amide bonds. The average molecular weight is 213 g/mol. The second-order valence-corrected chi connectivity index (χ2v) is 5.23. The Morgan fingerprint density at radius 2 is 1.93 bits per heavy atom. The molecular weight excluding hydrogens is 186 g/mol. The summed E-state index contributed by atoms with van der Waals surface area (Å²) in [7, 11) is 0. The van der Waals surface area contributed by atoms with Gasteiger partial charge in [0.1, 0.15) is 0 Å². The number of aliphatic hydroxyl groups excluding tert-OH is 1. The lowest BCUT2D eigenvalue weighted by Gasteiger charge is -2.26. The molecule has 90 valence electrons. The van der Waals surface area contributed by atoms with Gasteiger partial charge < -0.3 is 10.4 Å². The Morgan fingerprint density at radius 3 is 2.53 bits per heavy atom. The highest BCUT2D eigenvalue weighted by Gasteiger charge is 2.18. The third-order valence-corrected chi connectivity index (χ3v) is 3.52. The molecule has 2 nitrogen and oxygen atoms in total. The maximum Gasteiger partial charge on any atom is 0.0540 e. The molecule has 0 aromatic heterocycles. The van der Waals surface area contributed by atoms with Crippen molar-refractivity contribution in [1.82, 2.24) is 5.32 Å². The zero-order chi connectivity index (χ0) is 11.1. The first kappa shape index (κ1) is 13.0. The predicted molar refractivity (Wildman–Crippen MR) is 64.9 cm³/mol. The summed E-state index contributed by atoms with van der Waals surface area (Å²) in [4.78, 5) is 0. The quantitative estimate of drug-likeness (QED) is 0.711. The van der Waals surface area contributed by atoms with Crippen LogP contribution in [0.15, 0.2) is 0 Å². The van der Waals surface area contributed by atoms with Crippen molar-refractivity contribution in [3.63, 3.8) is 0 Å². The topological polar surface area (TPSA) is 32.3 Å². The van der Waals surface area contributed by atoms with Crippen molar-refractivity contribution in [2.24, 2.45) is 11.8 Å². The van der Waals surface area contributed by atoms with E-state index in [1.165, 1.54) is 25.7 Å². The van der Waals surface area contributed by atoms with E-state index in [0.29, 0.717) is 0 Å². The van der Waals surface area contributed by atoms with Gasteiger partial charge in [0.15, 0.2) is 0 Å². The highest BCUT2D eigenvalue weighted by molar-refractivity contribution is 4.73. The molecule has 1 saturated carbocycles. The van der Waals surface area contributed by atoms with E-state index in [1.54, 1.807) is 0 Å². The largest absolute Gasteiger partial charge is 0.393 e. The maximum absolute atomic E-state index is 9.39. The van der Waals surface area contributed by atoms with Gasteiger partial charge in [0.2, 0.25) is 0 Å². The van der Waals surface area contributed by atoms with Gasteiger partial charge in [0, 0.05) is 0 Å². The van der Waals surface area contributed by atoms with Crippen molar-refractivity contribution in [3.05, 3.63) is 0 Å². The van der Waals surface area contributed by atoms with E-state index in [0.717, 1.165) is 37.8 Å². The van der Waals surface area contributed by atoms with Crippen LogP contribution in [-0.4, -0.2) is 24.3 Å². The van der Waals surface area contributed by atoms with Crippen molar-refractivity contribution < 1.29 is 5.11 Å². The molecule has 0 bridgehead atoms. The highest BCUT2D eigenvalue weighted by Crippen LogP contribution is 2.23. The lowest BCUT2D eigenvalue weighted by atomic mass is 9.87. The smallest absolute Gasteiger partial charge is 0.0540 e. The predicted octanol–water partition coefficient (Wildman–Crippen LogP) is 2.56. The van der Waals surface area contributed by atoms with Gasteiger partial charge in [-0.25, -0.2) is 0 Å². The van der Waals surface area contributed by atoms with E-state index in [9.17, 15) is 5.11 Å². The fraction of sp³-hybridized carbons (Fsp3) is 1.00. The van der Waals surface area contributed by atoms with Crippen LogP contribution in [-0.2, 0) is 0 Å². The van der Waals surface area contributed by atoms with E-state index >= 15 is 0 Å². The Bertz CT molecular complexity index is 153. The van der Waals surface area contributed by atoms with Crippen molar-refractivity contribution in [1.29, 1.82) is 0 Å². The Hall–Kier alpha value is -0.0800. The first-order chi connectivity index (χ1) is 7.22. The summed E-state index contributed by atoms with van der Waals surface area (Å²) in [5.41, 5.74) is 0. The van der Waals surface area contributed by atoms with E-state index < -0.39 is 0 Å². The minimum atomic E-state index is -0.0136. The van der Waals surface area contributed by atoms with Gasteiger partial charge in [-0.05, 0) is 57.0 Å². The molecule has 0 radical (unpaired) electrons. The monoisotopic (exact) mass is 213 g/mol. The molecule has 0 heterocycles. The first-order valence-corrected chi connectivity index (χ1v) is 6.61. The molecule has 0 aliphatic heterocycles. The lowest BCUT2D eigenvalue weighted by molar-refractivity contribution is 0.108. The van der Waals surface area contributed by atoms with E-state index in [-0.39, 0.29) is 6.10 Å². The van der Waals surface area contributed by atoms with Crippen LogP contribution in [0.25, 0.3) is 0 Å². The summed E-state index contributed by atoms with van der Waals surface area (Å²) < 4.78 is 0. The number of nitrogens with one attached hydrogen (secondary N) is 1. The number of aliphatic hydroxyl groups is 1. The van der Waals surface area contributed by atoms with Crippen LogP contribution < -0.4 is 5.32 Å². The summed E-state index contributed by atoms with van der Waals surface area (Å²) in [6.07, 6.45) is 7.04. The summed E-state index contributed by atoms with van der Waals surface area (Å²) in [6, 6.07) is 0. The SMILES string of the molecule is CCCC(C)CNCC1CCC(O)CC1.